The molecule has 0 unspecified atom stereocenters. The second-order valence-corrected chi connectivity index (χ2v) is 7.49. The zero-order chi connectivity index (χ0) is 24.3. The van der Waals surface area contributed by atoms with E-state index >= 15 is 0 Å². The molecule has 0 aliphatic heterocycles. The van der Waals surface area contributed by atoms with Gasteiger partial charge in [-0.05, 0) is 59.7 Å². The summed E-state index contributed by atoms with van der Waals surface area (Å²) in [5.74, 6) is 0. The second kappa shape index (κ2) is 9.13. The lowest BCUT2D eigenvalue weighted by Gasteiger charge is -2.15. The number of halogens is 6. The molecule has 0 amide bonds. The van der Waals surface area contributed by atoms with Gasteiger partial charge in [0.1, 0.15) is 0 Å². The molecule has 2 nitrogen and oxygen atoms in total. The summed E-state index contributed by atoms with van der Waals surface area (Å²) in [4.78, 5) is 0. The van der Waals surface area contributed by atoms with Crippen molar-refractivity contribution in [3.8, 4) is 11.1 Å². The number of para-hydroxylation sites is 2. The van der Waals surface area contributed by atoms with Crippen molar-refractivity contribution in [3.05, 3.63) is 108 Å². The van der Waals surface area contributed by atoms with Crippen molar-refractivity contribution in [1.29, 1.82) is 0 Å². The Morgan fingerprint density at radius 1 is 0.412 bits per heavy atom. The third-order valence-electron chi connectivity index (χ3n) is 5.13. The minimum Gasteiger partial charge on any atom is -0.355 e. The van der Waals surface area contributed by atoms with E-state index in [1.165, 1.54) is 36.4 Å². The normalized spacial score (nSPS) is 11.8. The smallest absolute Gasteiger partial charge is 0.355 e. The first-order chi connectivity index (χ1) is 16.1. The molecule has 4 aromatic rings. The average molecular weight is 472 g/mol. The van der Waals surface area contributed by atoms with Crippen LogP contribution in [0.4, 0.5) is 49.1 Å². The van der Waals surface area contributed by atoms with Crippen LogP contribution in [0.3, 0.4) is 0 Å². The van der Waals surface area contributed by atoms with Gasteiger partial charge in [-0.25, -0.2) is 0 Å². The van der Waals surface area contributed by atoms with Gasteiger partial charge in [0.05, 0.1) is 22.5 Å². The average Bonchev–Trinajstić information content (AvgIpc) is 2.79. The molecule has 0 aliphatic carbocycles. The lowest BCUT2D eigenvalue weighted by atomic mass is 10.0. The summed E-state index contributed by atoms with van der Waals surface area (Å²) in [5, 5.41) is 5.58. The van der Waals surface area contributed by atoms with E-state index in [0.29, 0.717) is 11.4 Å². The van der Waals surface area contributed by atoms with E-state index in [1.54, 1.807) is 48.5 Å². The van der Waals surface area contributed by atoms with Crippen molar-refractivity contribution in [2.24, 2.45) is 0 Å². The molecule has 0 fully saturated rings. The molecule has 34 heavy (non-hydrogen) atoms. The van der Waals surface area contributed by atoms with Gasteiger partial charge in [-0.2, -0.15) is 26.3 Å². The topological polar surface area (TPSA) is 24.1 Å². The Hall–Kier alpha value is -3.94. The quantitative estimate of drug-likeness (QED) is 0.284. The number of anilines is 4. The molecule has 0 bridgehead atoms. The molecule has 8 heteroatoms. The maximum Gasteiger partial charge on any atom is 0.418 e. The highest BCUT2D eigenvalue weighted by molar-refractivity contribution is 5.72. The predicted molar refractivity (Wildman–Crippen MR) is 121 cm³/mol. The second-order valence-electron chi connectivity index (χ2n) is 7.49. The Balaban J connectivity index is 1.49. The van der Waals surface area contributed by atoms with Crippen LogP contribution < -0.4 is 10.6 Å². The lowest BCUT2D eigenvalue weighted by molar-refractivity contribution is -0.137. The molecule has 0 radical (unpaired) electrons. The first-order valence-electron chi connectivity index (χ1n) is 10.2. The Morgan fingerprint density at radius 2 is 0.735 bits per heavy atom. The van der Waals surface area contributed by atoms with Crippen molar-refractivity contribution >= 4 is 22.7 Å². The molecule has 174 valence electrons. The standard InChI is InChI=1S/C26H18F6N2/c27-25(28,29)21-5-1-3-7-23(21)33-19-13-9-17(10-14-19)18-11-15-20(16-12-18)34-24-8-4-2-6-22(24)26(30,31)32/h1-16,33-34H. The summed E-state index contributed by atoms with van der Waals surface area (Å²) in [7, 11) is 0. The number of benzene rings is 4. The monoisotopic (exact) mass is 472 g/mol. The molecule has 4 aromatic carbocycles. The van der Waals surface area contributed by atoms with Crippen molar-refractivity contribution in [2.45, 2.75) is 12.4 Å². The molecule has 0 spiro atoms. The van der Waals surface area contributed by atoms with Crippen molar-refractivity contribution in [2.75, 3.05) is 10.6 Å². The highest BCUT2D eigenvalue weighted by Crippen LogP contribution is 2.37. The zero-order valence-corrected chi connectivity index (χ0v) is 17.5. The number of alkyl halides is 6. The first kappa shape index (κ1) is 23.2. The van der Waals surface area contributed by atoms with Crippen LogP contribution in [0.15, 0.2) is 97.1 Å². The minimum atomic E-state index is -4.47. The number of hydrogen-bond acceptors (Lipinski definition) is 2. The molecule has 2 N–H and O–H groups in total. The summed E-state index contributed by atoms with van der Waals surface area (Å²) < 4.78 is 79.1. The molecular formula is C26H18F6N2. The Labute approximate surface area is 191 Å². The van der Waals surface area contributed by atoms with E-state index in [-0.39, 0.29) is 11.4 Å². The van der Waals surface area contributed by atoms with Gasteiger partial charge in [0.2, 0.25) is 0 Å². The third-order valence-corrected chi connectivity index (χ3v) is 5.13. The van der Waals surface area contributed by atoms with Gasteiger partial charge in [-0.1, -0.05) is 48.5 Å². The summed E-state index contributed by atoms with van der Waals surface area (Å²) in [5.41, 5.74) is 0.983. The van der Waals surface area contributed by atoms with Gasteiger partial charge in [-0.15, -0.1) is 0 Å². The molecule has 0 heterocycles. The van der Waals surface area contributed by atoms with Crippen LogP contribution in [0, 0.1) is 0 Å². The van der Waals surface area contributed by atoms with E-state index in [4.69, 9.17) is 0 Å². The summed E-state index contributed by atoms with van der Waals surface area (Å²) in [6.45, 7) is 0. The van der Waals surface area contributed by atoms with Gasteiger partial charge in [0, 0.05) is 11.4 Å². The fourth-order valence-corrected chi connectivity index (χ4v) is 3.48. The van der Waals surface area contributed by atoms with Crippen LogP contribution in [-0.2, 0) is 12.4 Å². The third kappa shape index (κ3) is 5.33. The van der Waals surface area contributed by atoms with Gasteiger partial charge < -0.3 is 10.6 Å². The highest BCUT2D eigenvalue weighted by atomic mass is 19.4. The van der Waals surface area contributed by atoms with E-state index in [9.17, 15) is 26.3 Å². The molecule has 0 atom stereocenters. The van der Waals surface area contributed by atoms with Crippen molar-refractivity contribution in [3.63, 3.8) is 0 Å². The maximum atomic E-state index is 13.2. The van der Waals surface area contributed by atoms with Gasteiger partial charge >= 0.3 is 12.4 Å². The zero-order valence-electron chi connectivity index (χ0n) is 17.5. The Kier molecular flexibility index (Phi) is 6.24. The van der Waals surface area contributed by atoms with E-state index in [2.05, 4.69) is 10.6 Å². The van der Waals surface area contributed by atoms with Crippen LogP contribution in [0.1, 0.15) is 11.1 Å². The number of nitrogens with one attached hydrogen (secondary N) is 2. The van der Waals surface area contributed by atoms with Gasteiger partial charge in [0.15, 0.2) is 0 Å². The van der Waals surface area contributed by atoms with Gasteiger partial charge in [0.25, 0.3) is 0 Å². The van der Waals surface area contributed by atoms with Crippen LogP contribution in [0.25, 0.3) is 11.1 Å². The molecule has 0 aromatic heterocycles. The highest BCUT2D eigenvalue weighted by Gasteiger charge is 2.34. The lowest BCUT2D eigenvalue weighted by Crippen LogP contribution is -2.08. The summed E-state index contributed by atoms with van der Waals surface area (Å²) in [6, 6.07) is 24.1. The van der Waals surface area contributed by atoms with Gasteiger partial charge in [-0.3, -0.25) is 0 Å². The predicted octanol–water partition coefficient (Wildman–Crippen LogP) is 8.88. The summed E-state index contributed by atoms with van der Waals surface area (Å²) >= 11 is 0. The van der Waals surface area contributed by atoms with Crippen LogP contribution >= 0.6 is 0 Å². The van der Waals surface area contributed by atoms with Crippen molar-refractivity contribution < 1.29 is 26.3 Å². The van der Waals surface area contributed by atoms with E-state index < -0.39 is 23.5 Å². The largest absolute Gasteiger partial charge is 0.418 e. The van der Waals surface area contributed by atoms with E-state index in [1.807, 2.05) is 0 Å². The number of rotatable bonds is 5. The van der Waals surface area contributed by atoms with Crippen LogP contribution in [0.2, 0.25) is 0 Å². The van der Waals surface area contributed by atoms with Crippen LogP contribution in [0.5, 0.6) is 0 Å². The molecule has 4 rings (SSSR count). The molecular weight excluding hydrogens is 454 g/mol. The fourth-order valence-electron chi connectivity index (χ4n) is 3.48. The van der Waals surface area contributed by atoms with E-state index in [0.717, 1.165) is 23.3 Å². The van der Waals surface area contributed by atoms with Crippen LogP contribution in [-0.4, -0.2) is 0 Å². The summed E-state index contributed by atoms with van der Waals surface area (Å²) in [6.07, 6.45) is -8.94. The SMILES string of the molecule is FC(F)(F)c1ccccc1Nc1ccc(-c2ccc(Nc3ccccc3C(F)(F)F)cc2)cc1. The Morgan fingerprint density at radius 3 is 1.06 bits per heavy atom. The Bertz CT molecular complexity index is 1160. The molecule has 0 saturated heterocycles. The fraction of sp³-hybridized carbons (Fsp3) is 0.0769. The van der Waals surface area contributed by atoms with Crippen molar-refractivity contribution in [1.82, 2.24) is 0 Å². The first-order valence-corrected chi connectivity index (χ1v) is 10.2. The molecule has 0 saturated carbocycles. The minimum absolute atomic E-state index is 0.0442. The number of hydrogen-bond donors (Lipinski definition) is 2. The molecule has 0 aliphatic rings. The maximum absolute atomic E-state index is 13.2.